The van der Waals surface area contributed by atoms with E-state index < -0.39 is 0 Å². The van der Waals surface area contributed by atoms with Gasteiger partial charge in [-0.3, -0.25) is 9.89 Å². The van der Waals surface area contributed by atoms with Gasteiger partial charge >= 0.3 is 0 Å². The lowest BCUT2D eigenvalue weighted by atomic mass is 9.70. The van der Waals surface area contributed by atoms with Gasteiger partial charge in [-0.1, -0.05) is 0 Å². The lowest BCUT2D eigenvalue weighted by Gasteiger charge is -2.42. The Labute approximate surface area is 166 Å². The Morgan fingerprint density at radius 1 is 1.29 bits per heavy atom. The number of fused-ring (bicyclic) bond motifs is 1. The van der Waals surface area contributed by atoms with Crippen LogP contribution in [0.25, 0.3) is 10.2 Å². The predicted octanol–water partition coefficient (Wildman–Crippen LogP) is 2.79. The zero-order valence-electron chi connectivity index (χ0n) is 15.7. The monoisotopic (exact) mass is 397 g/mol. The van der Waals surface area contributed by atoms with Gasteiger partial charge in [0, 0.05) is 18.3 Å². The lowest BCUT2D eigenvalue weighted by Crippen LogP contribution is -2.52. The second kappa shape index (κ2) is 6.82. The Bertz CT molecular complexity index is 1020. The van der Waals surface area contributed by atoms with Crippen LogP contribution in [0.4, 0.5) is 11.6 Å². The highest BCUT2D eigenvalue weighted by Gasteiger charge is 2.44. The van der Waals surface area contributed by atoms with Crippen molar-refractivity contribution in [2.45, 2.75) is 38.6 Å². The van der Waals surface area contributed by atoms with E-state index in [2.05, 4.69) is 26.1 Å². The molecule has 2 aliphatic rings. The number of rotatable bonds is 3. The van der Waals surface area contributed by atoms with E-state index in [0.717, 1.165) is 72.1 Å². The average molecular weight is 398 g/mol. The summed E-state index contributed by atoms with van der Waals surface area (Å²) < 4.78 is 1.00. The quantitative estimate of drug-likeness (QED) is 0.541. The molecule has 5 heterocycles. The number of aromatic amines is 1. The molecule has 2 fully saturated rings. The van der Waals surface area contributed by atoms with E-state index >= 15 is 0 Å². The molecule has 3 aromatic rings. The zero-order valence-corrected chi connectivity index (χ0v) is 16.5. The Morgan fingerprint density at radius 3 is 3.04 bits per heavy atom. The van der Waals surface area contributed by atoms with Gasteiger partial charge in [-0.15, -0.1) is 11.3 Å². The van der Waals surface area contributed by atoms with Crippen LogP contribution in [0.15, 0.2) is 17.5 Å². The summed E-state index contributed by atoms with van der Waals surface area (Å²) in [6.07, 6.45) is 3.58. The summed E-state index contributed by atoms with van der Waals surface area (Å²) in [7, 11) is 0. The first-order valence-corrected chi connectivity index (χ1v) is 10.6. The molecular formula is C19H23N7OS. The Hall–Kier alpha value is -2.52. The van der Waals surface area contributed by atoms with E-state index in [-0.39, 0.29) is 17.4 Å². The van der Waals surface area contributed by atoms with Crippen LogP contribution in [-0.4, -0.2) is 39.2 Å². The van der Waals surface area contributed by atoms with Crippen LogP contribution in [0.3, 0.4) is 0 Å². The topological polar surface area (TPSA) is 108 Å². The van der Waals surface area contributed by atoms with Crippen LogP contribution >= 0.6 is 11.3 Å². The van der Waals surface area contributed by atoms with E-state index in [1.165, 1.54) is 0 Å². The number of aryl methyl sites for hydroxylation is 1. The molecule has 2 atom stereocenters. The maximum absolute atomic E-state index is 12.6. The average Bonchev–Trinajstić information content (AvgIpc) is 3.33. The molecular weight excluding hydrogens is 374 g/mol. The maximum atomic E-state index is 12.6. The zero-order chi connectivity index (χ0) is 19.1. The highest BCUT2D eigenvalue weighted by atomic mass is 32.1. The number of aromatic nitrogens is 4. The summed E-state index contributed by atoms with van der Waals surface area (Å²) in [5.41, 5.74) is 1.60. The van der Waals surface area contributed by atoms with Crippen molar-refractivity contribution in [2.24, 2.45) is 5.41 Å². The summed E-state index contributed by atoms with van der Waals surface area (Å²) in [6, 6.07) is 3.92. The van der Waals surface area contributed by atoms with Crippen molar-refractivity contribution in [1.29, 1.82) is 0 Å². The molecule has 1 spiro atoms. The van der Waals surface area contributed by atoms with Crippen LogP contribution < -0.4 is 16.0 Å². The van der Waals surface area contributed by atoms with Crippen molar-refractivity contribution >= 4 is 39.1 Å². The SMILES string of the molecule is Cc1cc(Nc2nc(C3CC4(CCCNC4=O)CCN3)nc3ccsc23)n[nH]1. The molecule has 28 heavy (non-hydrogen) atoms. The minimum absolute atomic E-state index is 0.0385. The number of anilines is 2. The maximum Gasteiger partial charge on any atom is 0.226 e. The summed E-state index contributed by atoms with van der Waals surface area (Å²) >= 11 is 1.61. The third-order valence-electron chi connectivity index (χ3n) is 5.77. The molecule has 0 radical (unpaired) electrons. The van der Waals surface area contributed by atoms with Gasteiger partial charge in [0.2, 0.25) is 5.91 Å². The molecule has 2 unspecified atom stereocenters. The van der Waals surface area contributed by atoms with Gasteiger partial charge < -0.3 is 16.0 Å². The van der Waals surface area contributed by atoms with Crippen molar-refractivity contribution in [3.63, 3.8) is 0 Å². The number of nitrogens with one attached hydrogen (secondary N) is 4. The first kappa shape index (κ1) is 17.6. The fourth-order valence-electron chi connectivity index (χ4n) is 4.32. The first-order chi connectivity index (χ1) is 13.6. The predicted molar refractivity (Wildman–Crippen MR) is 109 cm³/mol. The lowest BCUT2D eigenvalue weighted by molar-refractivity contribution is -0.136. The van der Waals surface area contributed by atoms with Gasteiger partial charge in [-0.2, -0.15) is 5.10 Å². The Kier molecular flexibility index (Phi) is 4.28. The van der Waals surface area contributed by atoms with Crippen LogP contribution in [0.2, 0.25) is 0 Å². The molecule has 0 aliphatic carbocycles. The third kappa shape index (κ3) is 3.04. The number of carbonyl (C=O) groups is 1. The highest BCUT2D eigenvalue weighted by Crippen LogP contribution is 2.42. The molecule has 2 aliphatic heterocycles. The number of thiophene rings is 1. The molecule has 3 aromatic heterocycles. The number of amides is 1. The van der Waals surface area contributed by atoms with E-state index in [9.17, 15) is 4.79 Å². The van der Waals surface area contributed by atoms with Crippen molar-refractivity contribution in [2.75, 3.05) is 18.4 Å². The van der Waals surface area contributed by atoms with Gasteiger partial charge in [-0.25, -0.2) is 9.97 Å². The molecule has 0 aromatic carbocycles. The molecule has 2 saturated heterocycles. The van der Waals surface area contributed by atoms with Crippen molar-refractivity contribution in [3.8, 4) is 0 Å². The standard InChI is InChI=1S/C19H23N7OS/c1-11-9-14(26-25-11)23-17-15-12(3-8-28-15)22-16(24-17)13-10-19(5-7-20-13)4-2-6-21-18(19)27/h3,8-9,13,20H,2,4-7,10H2,1H3,(H,21,27)(H2,22,23,24,25,26). The highest BCUT2D eigenvalue weighted by molar-refractivity contribution is 7.17. The Morgan fingerprint density at radius 2 is 2.21 bits per heavy atom. The van der Waals surface area contributed by atoms with Crippen molar-refractivity contribution in [1.82, 2.24) is 30.8 Å². The number of carbonyl (C=O) groups excluding carboxylic acids is 1. The summed E-state index contributed by atoms with van der Waals surface area (Å²) in [5, 5.41) is 19.1. The third-order valence-corrected chi connectivity index (χ3v) is 6.68. The van der Waals surface area contributed by atoms with Crippen LogP contribution in [0, 0.1) is 12.3 Å². The normalized spacial score (nSPS) is 25.2. The van der Waals surface area contributed by atoms with Crippen LogP contribution in [-0.2, 0) is 4.79 Å². The summed E-state index contributed by atoms with van der Waals surface area (Å²) in [4.78, 5) is 22.3. The molecule has 0 bridgehead atoms. The van der Waals surface area contributed by atoms with Crippen LogP contribution in [0.1, 0.15) is 43.2 Å². The molecule has 1 amide bonds. The van der Waals surface area contributed by atoms with E-state index in [0.29, 0.717) is 0 Å². The number of piperidine rings is 2. The smallest absolute Gasteiger partial charge is 0.226 e. The number of nitrogens with zero attached hydrogens (tertiary/aromatic N) is 3. The summed E-state index contributed by atoms with van der Waals surface area (Å²) in [6.45, 7) is 3.54. The molecule has 5 rings (SSSR count). The number of hydrogen-bond donors (Lipinski definition) is 4. The molecule has 0 saturated carbocycles. The van der Waals surface area contributed by atoms with E-state index in [1.54, 1.807) is 11.3 Å². The van der Waals surface area contributed by atoms with Gasteiger partial charge in [0.05, 0.1) is 21.7 Å². The fourth-order valence-corrected chi connectivity index (χ4v) is 5.10. The number of H-pyrrole nitrogens is 1. The first-order valence-electron chi connectivity index (χ1n) is 9.69. The van der Waals surface area contributed by atoms with E-state index in [4.69, 9.17) is 9.97 Å². The van der Waals surface area contributed by atoms with Gasteiger partial charge in [0.1, 0.15) is 5.82 Å². The fraction of sp³-hybridized carbons (Fsp3) is 0.474. The molecule has 9 heteroatoms. The van der Waals surface area contributed by atoms with Gasteiger partial charge in [0.15, 0.2) is 11.6 Å². The van der Waals surface area contributed by atoms with Gasteiger partial charge in [0.25, 0.3) is 0 Å². The molecule has 146 valence electrons. The van der Waals surface area contributed by atoms with E-state index in [1.807, 2.05) is 24.4 Å². The second-order valence-corrected chi connectivity index (χ2v) is 8.64. The minimum Gasteiger partial charge on any atom is -0.356 e. The number of hydrogen-bond acceptors (Lipinski definition) is 7. The van der Waals surface area contributed by atoms with Gasteiger partial charge in [-0.05, 0) is 50.6 Å². The largest absolute Gasteiger partial charge is 0.356 e. The molecule has 4 N–H and O–H groups in total. The van der Waals surface area contributed by atoms with Crippen molar-refractivity contribution < 1.29 is 4.79 Å². The molecule has 8 nitrogen and oxygen atoms in total. The minimum atomic E-state index is -0.298. The Balaban J connectivity index is 1.49. The van der Waals surface area contributed by atoms with Crippen molar-refractivity contribution in [3.05, 3.63) is 29.0 Å². The second-order valence-electron chi connectivity index (χ2n) is 7.73. The summed E-state index contributed by atoms with van der Waals surface area (Å²) in [5.74, 6) is 2.41. The van der Waals surface area contributed by atoms with Crippen LogP contribution in [0.5, 0.6) is 0 Å².